The Balaban J connectivity index is 1.42. The lowest BCUT2D eigenvalue weighted by Crippen LogP contribution is -2.64. The van der Waals surface area contributed by atoms with Gasteiger partial charge in [0.25, 0.3) is 0 Å². The van der Waals surface area contributed by atoms with Crippen molar-refractivity contribution in [1.29, 1.82) is 0 Å². The highest BCUT2D eigenvalue weighted by Crippen LogP contribution is 2.59. The van der Waals surface area contributed by atoms with Crippen LogP contribution in [-0.4, -0.2) is 54.5 Å². The summed E-state index contributed by atoms with van der Waals surface area (Å²) in [6, 6.07) is 1.49. The number of nitrogens with zero attached hydrogens (tertiary/aromatic N) is 1. The molecule has 3 N–H and O–H groups in total. The molecule has 0 radical (unpaired) electrons. The van der Waals surface area contributed by atoms with Gasteiger partial charge < -0.3 is 4.90 Å². The van der Waals surface area contributed by atoms with E-state index >= 15 is 0 Å². The molecule has 24 heavy (non-hydrogen) atoms. The molecule has 5 heteroatoms. The Hall–Kier alpha value is 0.190. The first kappa shape index (κ1) is 17.6. The van der Waals surface area contributed by atoms with Gasteiger partial charge in [-0.05, 0) is 64.0 Å². The van der Waals surface area contributed by atoms with Crippen LogP contribution < -0.4 is 16.0 Å². The van der Waals surface area contributed by atoms with Crippen LogP contribution in [0.5, 0.6) is 0 Å². The second-order valence-corrected chi connectivity index (χ2v) is 10.8. The van der Waals surface area contributed by atoms with Gasteiger partial charge >= 0.3 is 0 Å². The third-order valence-corrected chi connectivity index (χ3v) is 8.97. The van der Waals surface area contributed by atoms with E-state index in [-0.39, 0.29) is 0 Å². The van der Waals surface area contributed by atoms with Gasteiger partial charge in [0.15, 0.2) is 0 Å². The van der Waals surface area contributed by atoms with Crippen molar-refractivity contribution in [3.05, 3.63) is 0 Å². The Morgan fingerprint density at radius 3 is 2.50 bits per heavy atom. The molecule has 0 amide bonds. The number of nitrogens with one attached hydrogen (secondary N) is 3. The van der Waals surface area contributed by atoms with Gasteiger partial charge in [-0.15, -0.1) is 11.8 Å². The lowest BCUT2D eigenvalue weighted by atomic mass is 9.72. The molecule has 4 nitrogen and oxygen atoms in total. The Morgan fingerprint density at radius 2 is 1.79 bits per heavy atom. The summed E-state index contributed by atoms with van der Waals surface area (Å²) in [7, 11) is 4.46. The lowest BCUT2D eigenvalue weighted by molar-refractivity contribution is 0.0922. The van der Waals surface area contributed by atoms with Crippen LogP contribution in [0.4, 0.5) is 0 Å². The van der Waals surface area contributed by atoms with Crippen molar-refractivity contribution in [1.82, 2.24) is 20.9 Å². The van der Waals surface area contributed by atoms with E-state index in [1.165, 1.54) is 38.5 Å². The predicted molar refractivity (Wildman–Crippen MR) is 103 cm³/mol. The maximum atomic E-state index is 4.06. The van der Waals surface area contributed by atoms with Gasteiger partial charge in [0.2, 0.25) is 0 Å². The van der Waals surface area contributed by atoms with Gasteiger partial charge in [-0.3, -0.25) is 16.0 Å². The van der Waals surface area contributed by atoms with Gasteiger partial charge in [0.05, 0.1) is 11.5 Å². The van der Waals surface area contributed by atoms with Crippen LogP contribution >= 0.6 is 11.8 Å². The summed E-state index contributed by atoms with van der Waals surface area (Å²) in [6.07, 6.45) is 8.66. The molecule has 4 rings (SSSR count). The second kappa shape index (κ2) is 6.73. The zero-order valence-electron chi connectivity index (χ0n) is 15.8. The largest absolute Gasteiger partial charge is 0.306 e. The Labute approximate surface area is 152 Å². The van der Waals surface area contributed by atoms with Crippen molar-refractivity contribution < 1.29 is 0 Å². The first-order valence-electron chi connectivity index (χ1n) is 10.0. The molecular formula is C19H36N4S. The van der Waals surface area contributed by atoms with Crippen molar-refractivity contribution in [2.24, 2.45) is 17.3 Å². The first-order chi connectivity index (χ1) is 11.5. The Morgan fingerprint density at radius 1 is 1.04 bits per heavy atom. The van der Waals surface area contributed by atoms with Crippen LogP contribution in [0.1, 0.15) is 52.4 Å². The SMILES string of the molecule is CN(C)[C@H]1CC[C@H](NC2NCNC3SC4CCC(C)(C)C4C23)CC1. The standard InChI is InChI=1S/C19H36N4S/c1-19(2)10-9-14-16(19)15-17(20-11-21-18(15)24-14)22-12-5-7-13(8-6-12)23(3)4/h12-18,20-22H,5-11H2,1-4H3/t12-,13-,14?,15?,16?,17?,18?. The van der Waals surface area contributed by atoms with Crippen LogP contribution in [0.25, 0.3) is 0 Å². The molecule has 0 spiro atoms. The molecule has 0 aromatic carbocycles. The smallest absolute Gasteiger partial charge is 0.0639 e. The number of thioether (sulfide) groups is 1. The van der Waals surface area contributed by atoms with Crippen LogP contribution in [0, 0.1) is 17.3 Å². The normalized spacial score (nSPS) is 47.6. The number of fused-ring (bicyclic) bond motifs is 3. The minimum Gasteiger partial charge on any atom is -0.306 e. The summed E-state index contributed by atoms with van der Waals surface area (Å²) in [5.41, 5.74) is 0.500. The molecule has 4 fully saturated rings. The molecular weight excluding hydrogens is 316 g/mol. The highest BCUT2D eigenvalue weighted by atomic mass is 32.2. The van der Waals surface area contributed by atoms with E-state index in [0.29, 0.717) is 23.0 Å². The highest BCUT2D eigenvalue weighted by molar-refractivity contribution is 8.00. The molecule has 2 heterocycles. The molecule has 2 aliphatic carbocycles. The van der Waals surface area contributed by atoms with Gasteiger partial charge in [0, 0.05) is 29.9 Å². The van der Waals surface area contributed by atoms with Gasteiger partial charge in [-0.2, -0.15) is 0 Å². The fourth-order valence-corrected chi connectivity index (χ4v) is 7.94. The zero-order chi connectivity index (χ0) is 16.9. The van der Waals surface area contributed by atoms with Crippen molar-refractivity contribution >= 4 is 11.8 Å². The highest BCUT2D eigenvalue weighted by Gasteiger charge is 2.57. The number of hydrogen-bond acceptors (Lipinski definition) is 5. The molecule has 2 saturated heterocycles. The van der Waals surface area contributed by atoms with E-state index in [4.69, 9.17) is 0 Å². The molecule has 2 saturated carbocycles. The quantitative estimate of drug-likeness (QED) is 0.728. The summed E-state index contributed by atoms with van der Waals surface area (Å²) in [6.45, 7) is 5.97. The van der Waals surface area contributed by atoms with Crippen molar-refractivity contribution in [3.63, 3.8) is 0 Å². The number of rotatable bonds is 3. The van der Waals surface area contributed by atoms with Crippen LogP contribution in [0.15, 0.2) is 0 Å². The Kier molecular flexibility index (Phi) is 4.93. The average molecular weight is 353 g/mol. The summed E-state index contributed by atoms with van der Waals surface area (Å²) >= 11 is 2.24. The summed E-state index contributed by atoms with van der Waals surface area (Å²) in [5.74, 6) is 1.58. The predicted octanol–water partition coefficient (Wildman–Crippen LogP) is 2.42. The second-order valence-electron chi connectivity index (χ2n) is 9.42. The van der Waals surface area contributed by atoms with Crippen LogP contribution in [0.3, 0.4) is 0 Å². The monoisotopic (exact) mass is 352 g/mol. The summed E-state index contributed by atoms with van der Waals surface area (Å²) in [5, 5.41) is 13.1. The minimum atomic E-state index is 0.497. The topological polar surface area (TPSA) is 39.3 Å². The van der Waals surface area contributed by atoms with E-state index in [2.05, 4.69) is 60.6 Å². The van der Waals surface area contributed by atoms with Gasteiger partial charge in [-0.1, -0.05) is 13.8 Å². The fraction of sp³-hybridized carbons (Fsp3) is 1.00. The molecule has 0 aromatic heterocycles. The first-order valence-corrected chi connectivity index (χ1v) is 10.9. The van der Waals surface area contributed by atoms with Crippen LogP contribution in [-0.2, 0) is 0 Å². The zero-order valence-corrected chi connectivity index (χ0v) is 16.7. The molecule has 5 unspecified atom stereocenters. The Bertz CT molecular complexity index is 447. The molecule has 0 bridgehead atoms. The summed E-state index contributed by atoms with van der Waals surface area (Å²) < 4.78 is 0. The summed E-state index contributed by atoms with van der Waals surface area (Å²) in [4.78, 5) is 2.41. The molecule has 138 valence electrons. The van der Waals surface area contributed by atoms with E-state index < -0.39 is 0 Å². The molecule has 4 aliphatic rings. The van der Waals surface area contributed by atoms with E-state index in [1.807, 2.05) is 0 Å². The molecule has 2 aliphatic heterocycles. The van der Waals surface area contributed by atoms with Crippen molar-refractivity contribution in [3.8, 4) is 0 Å². The molecule has 5 atom stereocenters. The van der Waals surface area contributed by atoms with Crippen LogP contribution in [0.2, 0.25) is 0 Å². The minimum absolute atomic E-state index is 0.497. The van der Waals surface area contributed by atoms with E-state index in [1.54, 1.807) is 0 Å². The maximum Gasteiger partial charge on any atom is 0.0639 e. The van der Waals surface area contributed by atoms with Crippen molar-refractivity contribution in [2.45, 2.75) is 81.2 Å². The third kappa shape index (κ3) is 3.16. The lowest BCUT2D eigenvalue weighted by Gasteiger charge is -2.44. The van der Waals surface area contributed by atoms with E-state index in [9.17, 15) is 0 Å². The third-order valence-electron chi connectivity index (χ3n) is 7.31. The fourth-order valence-electron chi connectivity index (χ4n) is 5.91. The molecule has 0 aromatic rings. The van der Waals surface area contributed by atoms with E-state index in [0.717, 1.165) is 29.8 Å². The maximum absolute atomic E-state index is 4.06. The average Bonchev–Trinajstić information content (AvgIpc) is 3.06. The van der Waals surface area contributed by atoms with Crippen molar-refractivity contribution in [2.75, 3.05) is 20.8 Å². The number of hydrogen-bond donors (Lipinski definition) is 3. The van der Waals surface area contributed by atoms with Gasteiger partial charge in [0.1, 0.15) is 0 Å². The van der Waals surface area contributed by atoms with Gasteiger partial charge in [-0.25, -0.2) is 0 Å².